The topological polar surface area (TPSA) is 72.2 Å². The number of fused-ring (bicyclic) bond motifs is 1. The molecule has 4 rings (SSSR count). The van der Waals surface area contributed by atoms with E-state index in [4.69, 9.17) is 11.6 Å². The van der Waals surface area contributed by atoms with E-state index >= 15 is 0 Å². The van der Waals surface area contributed by atoms with Crippen molar-refractivity contribution in [2.75, 3.05) is 0 Å². The van der Waals surface area contributed by atoms with Gasteiger partial charge < -0.3 is 5.32 Å². The molecule has 1 saturated carbocycles. The second-order valence-corrected chi connectivity index (χ2v) is 7.78. The maximum absolute atomic E-state index is 12.8. The first kappa shape index (κ1) is 17.0. The molecule has 3 aromatic rings. The van der Waals surface area contributed by atoms with Gasteiger partial charge in [-0.15, -0.1) is 0 Å². The third kappa shape index (κ3) is 3.05. The molecule has 0 saturated heterocycles. The number of rotatable bonds is 4. The molecular formula is C19H20ClN5O. The van der Waals surface area contributed by atoms with Gasteiger partial charge in [-0.2, -0.15) is 0 Å². The van der Waals surface area contributed by atoms with Crippen molar-refractivity contribution in [3.05, 3.63) is 47.3 Å². The van der Waals surface area contributed by atoms with E-state index in [9.17, 15) is 4.79 Å². The van der Waals surface area contributed by atoms with Crippen LogP contribution in [-0.4, -0.2) is 30.8 Å². The Hall–Kier alpha value is -2.47. The Balaban J connectivity index is 1.74. The number of carbonyl (C=O) groups is 1. The van der Waals surface area contributed by atoms with Crippen LogP contribution in [0.2, 0.25) is 5.15 Å². The number of aromatic nitrogens is 4. The van der Waals surface area contributed by atoms with Crippen LogP contribution in [0, 0.1) is 12.8 Å². The third-order valence-electron chi connectivity index (χ3n) is 4.97. The largest absolute Gasteiger partial charge is 0.345 e. The van der Waals surface area contributed by atoms with Crippen LogP contribution in [0.25, 0.3) is 16.9 Å². The number of hydrogen-bond acceptors (Lipinski definition) is 4. The highest BCUT2D eigenvalue weighted by molar-refractivity contribution is 6.29. The van der Waals surface area contributed by atoms with Crippen molar-refractivity contribution in [1.82, 2.24) is 24.7 Å². The quantitative estimate of drug-likeness (QED) is 0.712. The van der Waals surface area contributed by atoms with Gasteiger partial charge >= 0.3 is 0 Å². The summed E-state index contributed by atoms with van der Waals surface area (Å²) in [7, 11) is 0. The predicted octanol–water partition coefficient (Wildman–Crippen LogP) is 3.67. The molecule has 3 heterocycles. The van der Waals surface area contributed by atoms with Crippen LogP contribution < -0.4 is 5.32 Å². The van der Waals surface area contributed by atoms with Crippen LogP contribution >= 0.6 is 11.6 Å². The van der Waals surface area contributed by atoms with Gasteiger partial charge in [0.2, 0.25) is 0 Å². The minimum Gasteiger partial charge on any atom is -0.345 e. The molecule has 1 amide bonds. The molecule has 134 valence electrons. The van der Waals surface area contributed by atoms with Crippen LogP contribution in [0.3, 0.4) is 0 Å². The van der Waals surface area contributed by atoms with E-state index in [0.29, 0.717) is 22.4 Å². The number of hydrogen-bond donors (Lipinski definition) is 1. The summed E-state index contributed by atoms with van der Waals surface area (Å²) in [6.07, 6.45) is 5.62. The van der Waals surface area contributed by atoms with E-state index < -0.39 is 0 Å². The average Bonchev–Trinajstić information content (AvgIpc) is 3.36. The van der Waals surface area contributed by atoms with E-state index in [1.807, 2.05) is 23.5 Å². The summed E-state index contributed by atoms with van der Waals surface area (Å²) in [5.41, 5.74) is 3.15. The van der Waals surface area contributed by atoms with Gasteiger partial charge in [-0.05, 0) is 57.7 Å². The molecule has 0 unspecified atom stereocenters. The van der Waals surface area contributed by atoms with E-state index in [2.05, 4.69) is 34.1 Å². The first-order chi connectivity index (χ1) is 12.3. The Morgan fingerprint density at radius 2 is 2.08 bits per heavy atom. The third-order valence-corrected chi connectivity index (χ3v) is 5.19. The van der Waals surface area contributed by atoms with Crippen molar-refractivity contribution < 1.29 is 4.79 Å². The molecule has 7 heteroatoms. The lowest BCUT2D eigenvalue weighted by Crippen LogP contribution is -2.45. The summed E-state index contributed by atoms with van der Waals surface area (Å²) in [5, 5.41) is 3.54. The Morgan fingerprint density at radius 1 is 1.31 bits per heavy atom. The fraction of sp³-hybridized carbons (Fsp3) is 0.368. The second-order valence-electron chi connectivity index (χ2n) is 7.39. The number of nitrogens with zero attached hydrogens (tertiary/aromatic N) is 4. The van der Waals surface area contributed by atoms with E-state index in [-0.39, 0.29) is 11.4 Å². The van der Waals surface area contributed by atoms with E-state index in [1.54, 1.807) is 18.6 Å². The molecule has 0 aliphatic heterocycles. The Kier molecular flexibility index (Phi) is 3.95. The van der Waals surface area contributed by atoms with Crippen molar-refractivity contribution in [2.45, 2.75) is 39.2 Å². The minimum atomic E-state index is -0.236. The van der Waals surface area contributed by atoms with Crippen molar-refractivity contribution in [3.8, 4) is 11.3 Å². The smallest absolute Gasteiger partial charge is 0.274 e. The zero-order chi connectivity index (χ0) is 18.5. The second kappa shape index (κ2) is 6.06. The van der Waals surface area contributed by atoms with Crippen LogP contribution in [0.1, 0.15) is 42.9 Å². The van der Waals surface area contributed by atoms with Gasteiger partial charge in [-0.3, -0.25) is 9.20 Å². The van der Waals surface area contributed by atoms with Gasteiger partial charge in [0.25, 0.3) is 5.91 Å². The van der Waals surface area contributed by atoms with Gasteiger partial charge in [0.15, 0.2) is 11.3 Å². The zero-order valence-electron chi connectivity index (χ0n) is 15.0. The fourth-order valence-electron chi connectivity index (χ4n) is 3.21. The molecule has 0 atom stereocenters. The monoisotopic (exact) mass is 369 g/mol. The number of carbonyl (C=O) groups excluding carboxylic acids is 1. The molecule has 0 spiro atoms. The predicted molar refractivity (Wildman–Crippen MR) is 100 cm³/mol. The maximum atomic E-state index is 12.8. The molecule has 0 aromatic carbocycles. The summed E-state index contributed by atoms with van der Waals surface area (Å²) in [5.74, 6) is 0.341. The molecule has 1 N–H and O–H groups in total. The van der Waals surface area contributed by atoms with Gasteiger partial charge in [0.1, 0.15) is 11.5 Å². The van der Waals surface area contributed by atoms with Crippen molar-refractivity contribution >= 4 is 23.2 Å². The lowest BCUT2D eigenvalue weighted by molar-refractivity contribution is 0.0900. The number of aryl methyl sites for hydroxylation is 1. The number of nitrogens with one attached hydrogen (secondary N) is 1. The highest BCUT2D eigenvalue weighted by Gasteiger charge is 2.39. The maximum Gasteiger partial charge on any atom is 0.274 e. The van der Waals surface area contributed by atoms with Crippen molar-refractivity contribution in [2.24, 2.45) is 5.92 Å². The molecule has 6 nitrogen and oxygen atoms in total. The van der Waals surface area contributed by atoms with Gasteiger partial charge in [-0.1, -0.05) is 11.6 Å². The van der Waals surface area contributed by atoms with E-state index in [1.165, 1.54) is 0 Å². The summed E-state index contributed by atoms with van der Waals surface area (Å²) in [6.45, 7) is 6.08. The van der Waals surface area contributed by atoms with E-state index in [0.717, 1.165) is 29.8 Å². The summed E-state index contributed by atoms with van der Waals surface area (Å²) < 4.78 is 1.83. The van der Waals surface area contributed by atoms with Crippen LogP contribution in [0.15, 0.2) is 30.7 Å². The Labute approximate surface area is 156 Å². The summed E-state index contributed by atoms with van der Waals surface area (Å²) in [6, 6.07) is 5.52. The number of amides is 1. The lowest BCUT2D eigenvalue weighted by atomic mass is 9.98. The van der Waals surface area contributed by atoms with Gasteiger partial charge in [-0.25, -0.2) is 15.0 Å². The average molecular weight is 370 g/mol. The van der Waals surface area contributed by atoms with Crippen LogP contribution in [0.4, 0.5) is 0 Å². The zero-order valence-corrected chi connectivity index (χ0v) is 15.7. The Morgan fingerprint density at radius 3 is 2.73 bits per heavy atom. The lowest BCUT2D eigenvalue weighted by Gasteiger charge is -2.25. The van der Waals surface area contributed by atoms with Gasteiger partial charge in [0, 0.05) is 23.0 Å². The van der Waals surface area contributed by atoms with Crippen molar-refractivity contribution in [3.63, 3.8) is 0 Å². The summed E-state index contributed by atoms with van der Waals surface area (Å²) in [4.78, 5) is 25.9. The SMILES string of the molecule is Cc1cc(-c2ccc(Cl)nc2)nc2c(C(=O)NC(C)(C)C3CC3)ncn12. The Bertz CT molecular complexity index is 989. The highest BCUT2D eigenvalue weighted by atomic mass is 35.5. The highest BCUT2D eigenvalue weighted by Crippen LogP contribution is 2.39. The number of imidazole rings is 1. The molecule has 1 aliphatic rings. The molecule has 1 aliphatic carbocycles. The molecule has 1 fully saturated rings. The van der Waals surface area contributed by atoms with Crippen LogP contribution in [0.5, 0.6) is 0 Å². The summed E-state index contributed by atoms with van der Waals surface area (Å²) >= 11 is 5.87. The molecule has 0 radical (unpaired) electrons. The molecule has 26 heavy (non-hydrogen) atoms. The standard InChI is InChI=1S/C19H20ClN5O/c1-11-8-14(12-4-7-15(20)21-9-12)23-17-16(22-10-25(11)17)18(26)24-19(2,3)13-5-6-13/h4,7-10,13H,5-6H2,1-3H3,(H,24,26). The normalized spacial score (nSPS) is 14.6. The first-order valence-corrected chi connectivity index (χ1v) is 9.02. The van der Waals surface area contributed by atoms with Crippen molar-refractivity contribution in [1.29, 1.82) is 0 Å². The fourth-order valence-corrected chi connectivity index (χ4v) is 3.33. The van der Waals surface area contributed by atoms with Crippen LogP contribution in [-0.2, 0) is 0 Å². The first-order valence-electron chi connectivity index (χ1n) is 8.64. The molecule has 0 bridgehead atoms. The number of halogens is 1. The minimum absolute atomic E-state index is 0.192. The molecule has 3 aromatic heterocycles. The van der Waals surface area contributed by atoms with Gasteiger partial charge in [0.05, 0.1) is 5.69 Å². The molecular weight excluding hydrogens is 350 g/mol. The number of pyridine rings is 1.